The van der Waals surface area contributed by atoms with E-state index in [1.54, 1.807) is 18.2 Å². The van der Waals surface area contributed by atoms with E-state index in [9.17, 15) is 18.0 Å². The first-order valence-electron chi connectivity index (χ1n) is 13.0. The van der Waals surface area contributed by atoms with Crippen LogP contribution in [0.3, 0.4) is 0 Å². The standard InChI is InChI=1S/C24H25B3N8O6S/c1-40-20-14(23-30-18(34-41-23)12-35-7-9-42(38,39)10-8-35)3-2-4-15(20)28-16-11-17(29-21(36)13-5-6-13)32-33-19(16)22(37)31-24(25,26)27/h2-4,11,13H,5-10,12H2,1H3,(H,31,37)(H2,28,29,32,36). The van der Waals surface area contributed by atoms with E-state index in [4.69, 9.17) is 32.8 Å². The van der Waals surface area contributed by atoms with Crippen molar-refractivity contribution in [3.63, 3.8) is 0 Å². The summed E-state index contributed by atoms with van der Waals surface area (Å²) >= 11 is 0. The molecule has 14 nitrogen and oxygen atoms in total. The zero-order valence-electron chi connectivity index (χ0n) is 22.7. The Labute approximate surface area is 245 Å². The van der Waals surface area contributed by atoms with E-state index in [2.05, 4.69) is 36.3 Å². The molecule has 0 atom stereocenters. The number of para-hydroxylation sites is 1. The van der Waals surface area contributed by atoms with Gasteiger partial charge in [-0.2, -0.15) is 4.98 Å². The molecule has 1 aromatic carbocycles. The van der Waals surface area contributed by atoms with E-state index in [0.29, 0.717) is 42.5 Å². The van der Waals surface area contributed by atoms with Gasteiger partial charge in [0.25, 0.3) is 11.8 Å². The van der Waals surface area contributed by atoms with Crippen LogP contribution in [-0.2, 0) is 21.2 Å². The number of anilines is 3. The number of benzene rings is 1. The summed E-state index contributed by atoms with van der Waals surface area (Å²) in [5, 5.41) is 17.9. The highest BCUT2D eigenvalue weighted by Gasteiger charge is 2.30. The number of sulfone groups is 1. The van der Waals surface area contributed by atoms with Gasteiger partial charge in [0, 0.05) is 25.1 Å². The largest absolute Gasteiger partial charge is 0.494 e. The molecule has 1 aliphatic heterocycles. The molecule has 5 rings (SSSR count). The number of carbonyl (C=O) groups excluding carboxylic acids is 2. The molecule has 18 heteroatoms. The monoisotopic (exact) mass is 586 g/mol. The molecule has 0 unspecified atom stereocenters. The van der Waals surface area contributed by atoms with Crippen molar-refractivity contribution in [3.05, 3.63) is 35.8 Å². The van der Waals surface area contributed by atoms with Gasteiger partial charge in [-0.15, -0.1) is 10.2 Å². The molecule has 3 N–H and O–H groups in total. The third-order valence-corrected chi connectivity index (χ3v) is 8.14. The number of methoxy groups -OCH3 is 1. The molecular formula is C24H25B3N8O6S. The molecule has 212 valence electrons. The first-order chi connectivity index (χ1) is 19.9. The van der Waals surface area contributed by atoms with Crippen LogP contribution in [0.4, 0.5) is 17.2 Å². The number of ether oxygens (including phenoxy) is 1. The summed E-state index contributed by atoms with van der Waals surface area (Å²) < 4.78 is 34.6. The number of hydrogen-bond donors (Lipinski definition) is 3. The molecule has 2 amide bonds. The van der Waals surface area contributed by atoms with Crippen LogP contribution >= 0.6 is 0 Å². The summed E-state index contributed by atoms with van der Waals surface area (Å²) in [5.41, 5.74) is 0.764. The lowest BCUT2D eigenvalue weighted by Gasteiger charge is -2.24. The molecule has 1 saturated carbocycles. The molecular weight excluding hydrogens is 561 g/mol. The summed E-state index contributed by atoms with van der Waals surface area (Å²) in [6.07, 6.45) is 1.58. The van der Waals surface area contributed by atoms with E-state index >= 15 is 0 Å². The van der Waals surface area contributed by atoms with E-state index in [1.165, 1.54) is 13.2 Å². The minimum Gasteiger partial charge on any atom is -0.494 e. The van der Waals surface area contributed by atoms with Gasteiger partial charge in [0.05, 0.1) is 65.6 Å². The number of rotatable bonds is 10. The van der Waals surface area contributed by atoms with Crippen LogP contribution in [0.1, 0.15) is 29.2 Å². The molecule has 3 aromatic rings. The lowest BCUT2D eigenvalue weighted by atomic mass is 9.49. The van der Waals surface area contributed by atoms with E-state index < -0.39 is 21.0 Å². The van der Waals surface area contributed by atoms with E-state index in [1.807, 2.05) is 4.90 Å². The van der Waals surface area contributed by atoms with Gasteiger partial charge in [0.2, 0.25) is 5.91 Å². The van der Waals surface area contributed by atoms with Crippen molar-refractivity contribution in [2.24, 2.45) is 5.92 Å². The Hall–Kier alpha value is -3.92. The number of nitrogens with zero attached hydrogens (tertiary/aromatic N) is 5. The Morgan fingerprint density at radius 1 is 1.14 bits per heavy atom. The number of amides is 2. The maximum atomic E-state index is 12.9. The summed E-state index contributed by atoms with van der Waals surface area (Å²) in [5.74, 6) is 0.0227. The summed E-state index contributed by atoms with van der Waals surface area (Å²) in [6.45, 7) is 1.09. The van der Waals surface area contributed by atoms with Gasteiger partial charge in [-0.25, -0.2) is 8.42 Å². The molecule has 0 spiro atoms. The fourth-order valence-electron chi connectivity index (χ4n) is 4.25. The Balaban J connectivity index is 1.42. The van der Waals surface area contributed by atoms with Crippen LogP contribution in [0.5, 0.6) is 5.75 Å². The molecule has 6 radical (unpaired) electrons. The zero-order valence-corrected chi connectivity index (χ0v) is 23.5. The molecule has 2 fully saturated rings. The summed E-state index contributed by atoms with van der Waals surface area (Å²) in [4.78, 5) is 31.6. The normalized spacial score (nSPS) is 16.9. The van der Waals surface area contributed by atoms with Crippen LogP contribution in [-0.4, -0.2) is 106 Å². The fraction of sp³-hybridized carbons (Fsp3) is 0.417. The van der Waals surface area contributed by atoms with Crippen molar-refractivity contribution in [3.8, 4) is 17.2 Å². The lowest BCUT2D eigenvalue weighted by Crippen LogP contribution is -2.50. The SMILES string of the molecule is [B]C([B])([B])NC(=O)c1nnc(NC(=O)C2CC2)cc1Nc1cccc(-c2nc(CN3CCS(=O)(=O)CC3)no2)c1OC. The third-order valence-electron chi connectivity index (χ3n) is 6.53. The highest BCUT2D eigenvalue weighted by Crippen LogP contribution is 2.38. The van der Waals surface area contributed by atoms with E-state index in [-0.39, 0.29) is 46.4 Å². The lowest BCUT2D eigenvalue weighted by molar-refractivity contribution is -0.117. The Morgan fingerprint density at radius 2 is 1.88 bits per heavy atom. The van der Waals surface area contributed by atoms with Crippen molar-refractivity contribution in [2.45, 2.75) is 24.6 Å². The first-order valence-corrected chi connectivity index (χ1v) is 14.8. The summed E-state index contributed by atoms with van der Waals surface area (Å²) in [7, 11) is 15.1. The van der Waals surface area contributed by atoms with Gasteiger partial charge < -0.3 is 25.2 Å². The Kier molecular flexibility index (Phi) is 8.28. The van der Waals surface area contributed by atoms with Gasteiger partial charge in [0.15, 0.2) is 32.9 Å². The average Bonchev–Trinajstić information content (AvgIpc) is 3.68. The van der Waals surface area contributed by atoms with Gasteiger partial charge in [-0.05, 0) is 25.0 Å². The Morgan fingerprint density at radius 3 is 2.55 bits per heavy atom. The molecule has 3 heterocycles. The predicted octanol–water partition coefficient (Wildman–Crippen LogP) is -0.296. The highest BCUT2D eigenvalue weighted by molar-refractivity contribution is 7.91. The van der Waals surface area contributed by atoms with Crippen LogP contribution in [0.15, 0.2) is 28.8 Å². The quantitative estimate of drug-likeness (QED) is 0.265. The minimum absolute atomic E-state index is 0.0813. The number of carbonyl (C=O) groups is 2. The second-order valence-corrected chi connectivity index (χ2v) is 12.4. The molecule has 1 saturated heterocycles. The van der Waals surface area contributed by atoms with Crippen LogP contribution < -0.4 is 20.7 Å². The van der Waals surface area contributed by atoms with Crippen LogP contribution in [0.25, 0.3) is 11.5 Å². The molecule has 42 heavy (non-hydrogen) atoms. The minimum atomic E-state index is -3.02. The average molecular weight is 586 g/mol. The number of nitrogens with one attached hydrogen (secondary N) is 3. The van der Waals surface area contributed by atoms with Crippen molar-refractivity contribution in [1.82, 2.24) is 30.6 Å². The second kappa shape index (κ2) is 11.8. The maximum absolute atomic E-state index is 12.9. The number of hydrogen-bond acceptors (Lipinski definition) is 12. The van der Waals surface area contributed by atoms with Gasteiger partial charge >= 0.3 is 0 Å². The molecule has 2 aliphatic rings. The van der Waals surface area contributed by atoms with Crippen molar-refractivity contribution < 1.29 is 27.3 Å². The molecule has 2 aromatic heterocycles. The predicted molar refractivity (Wildman–Crippen MR) is 154 cm³/mol. The molecule has 0 bridgehead atoms. The van der Waals surface area contributed by atoms with E-state index in [0.717, 1.165) is 12.8 Å². The van der Waals surface area contributed by atoms with Crippen molar-refractivity contribution in [1.29, 1.82) is 0 Å². The number of aromatic nitrogens is 4. The third kappa shape index (κ3) is 7.28. The second-order valence-electron chi connectivity index (χ2n) is 10.1. The van der Waals surface area contributed by atoms with Crippen LogP contribution in [0.2, 0.25) is 0 Å². The van der Waals surface area contributed by atoms with Gasteiger partial charge in [-0.1, -0.05) is 16.5 Å². The molecule has 1 aliphatic carbocycles. The smallest absolute Gasteiger partial charge is 0.272 e. The Bertz CT molecular complexity index is 1600. The first kappa shape index (κ1) is 29.6. The van der Waals surface area contributed by atoms with Crippen molar-refractivity contribution in [2.75, 3.05) is 42.3 Å². The fourth-order valence-corrected chi connectivity index (χ4v) is 5.53. The van der Waals surface area contributed by atoms with Crippen LogP contribution in [0, 0.1) is 5.92 Å². The van der Waals surface area contributed by atoms with Crippen molar-refractivity contribution >= 4 is 62.4 Å². The zero-order chi connectivity index (χ0) is 30.1. The topological polar surface area (TPSA) is 182 Å². The van der Waals surface area contributed by atoms with Gasteiger partial charge in [-0.3, -0.25) is 14.5 Å². The highest BCUT2D eigenvalue weighted by atomic mass is 32.2. The maximum Gasteiger partial charge on any atom is 0.272 e. The summed E-state index contributed by atoms with van der Waals surface area (Å²) in [6, 6.07) is 6.52. The van der Waals surface area contributed by atoms with Gasteiger partial charge in [0.1, 0.15) is 0 Å².